The number of hydrogen-bond donors (Lipinski definition) is 1. The first-order chi connectivity index (χ1) is 13.6. The first kappa shape index (κ1) is 18.4. The van der Waals surface area contributed by atoms with Crippen molar-refractivity contribution in [3.05, 3.63) is 75.8 Å². The summed E-state index contributed by atoms with van der Waals surface area (Å²) in [7, 11) is 1.71. The monoisotopic (exact) mass is 376 g/mol. The number of hydrogen-bond acceptors (Lipinski definition) is 5. The zero-order valence-corrected chi connectivity index (χ0v) is 16.2. The van der Waals surface area contributed by atoms with Gasteiger partial charge < -0.3 is 9.72 Å². The van der Waals surface area contributed by atoms with Crippen LogP contribution in [0.5, 0.6) is 5.75 Å². The number of H-pyrrole nitrogens is 1. The van der Waals surface area contributed by atoms with Crippen LogP contribution in [-0.2, 0) is 6.54 Å². The Hall–Kier alpha value is -2.99. The molecule has 0 radical (unpaired) electrons. The third-order valence-corrected chi connectivity index (χ3v) is 5.20. The van der Waals surface area contributed by atoms with Gasteiger partial charge in [-0.25, -0.2) is 4.98 Å². The zero-order chi connectivity index (χ0) is 19.5. The summed E-state index contributed by atoms with van der Waals surface area (Å²) in [6.07, 6.45) is 2.68. The molecule has 1 fully saturated rings. The molecule has 1 aromatic carbocycles. The van der Waals surface area contributed by atoms with Crippen molar-refractivity contribution in [1.29, 1.82) is 0 Å². The molecule has 1 aliphatic heterocycles. The first-order valence-corrected chi connectivity index (χ1v) is 9.51. The van der Waals surface area contributed by atoms with Gasteiger partial charge in [0.1, 0.15) is 11.4 Å². The minimum atomic E-state index is -0.135. The summed E-state index contributed by atoms with van der Waals surface area (Å²) in [6.45, 7) is 4.73. The molecular formula is C22H24N4O2. The van der Waals surface area contributed by atoms with Crippen LogP contribution in [0.25, 0.3) is 11.5 Å². The van der Waals surface area contributed by atoms with Gasteiger partial charge in [0.25, 0.3) is 5.56 Å². The number of ether oxygens (including phenoxy) is 1. The molecule has 1 N–H and O–H groups in total. The zero-order valence-electron chi connectivity index (χ0n) is 16.2. The molecule has 0 amide bonds. The summed E-state index contributed by atoms with van der Waals surface area (Å²) in [5.74, 6) is 1.69. The van der Waals surface area contributed by atoms with Gasteiger partial charge in [-0.2, -0.15) is 0 Å². The summed E-state index contributed by atoms with van der Waals surface area (Å²) in [5.41, 5.74) is 3.75. The lowest BCUT2D eigenvalue weighted by molar-refractivity contribution is 0.316. The van der Waals surface area contributed by atoms with Gasteiger partial charge in [0.15, 0.2) is 5.82 Å². The fourth-order valence-corrected chi connectivity index (χ4v) is 3.75. The van der Waals surface area contributed by atoms with Crippen molar-refractivity contribution in [2.45, 2.75) is 25.8 Å². The maximum Gasteiger partial charge on any atom is 0.251 e. The number of aryl methyl sites for hydroxylation is 1. The quantitative estimate of drug-likeness (QED) is 0.741. The third-order valence-electron chi connectivity index (χ3n) is 5.20. The van der Waals surface area contributed by atoms with Gasteiger partial charge in [-0.1, -0.05) is 18.2 Å². The second-order valence-corrected chi connectivity index (χ2v) is 7.27. The van der Waals surface area contributed by atoms with Crippen LogP contribution in [0.1, 0.15) is 29.2 Å². The average molecular weight is 376 g/mol. The highest BCUT2D eigenvalue weighted by atomic mass is 16.5. The number of pyridine rings is 1. The van der Waals surface area contributed by atoms with Crippen LogP contribution in [0, 0.1) is 6.92 Å². The summed E-state index contributed by atoms with van der Waals surface area (Å²) in [6, 6.07) is 13.5. The Balaban J connectivity index is 1.52. The second-order valence-electron chi connectivity index (χ2n) is 7.27. The van der Waals surface area contributed by atoms with Gasteiger partial charge in [0, 0.05) is 36.8 Å². The lowest BCUT2D eigenvalue weighted by atomic mass is 10.0. The number of rotatable bonds is 5. The van der Waals surface area contributed by atoms with Crippen molar-refractivity contribution in [2.24, 2.45) is 0 Å². The minimum Gasteiger partial charge on any atom is -0.496 e. The molecular weight excluding hydrogens is 352 g/mol. The maximum absolute atomic E-state index is 12.2. The number of nitrogens with zero attached hydrogens (tertiary/aromatic N) is 3. The fourth-order valence-electron chi connectivity index (χ4n) is 3.75. The molecule has 1 aliphatic rings. The van der Waals surface area contributed by atoms with Crippen molar-refractivity contribution >= 4 is 0 Å². The van der Waals surface area contributed by atoms with Gasteiger partial charge in [-0.15, -0.1) is 0 Å². The molecule has 0 bridgehead atoms. The Morgan fingerprint density at radius 3 is 2.93 bits per heavy atom. The van der Waals surface area contributed by atoms with E-state index in [4.69, 9.17) is 9.72 Å². The standard InChI is InChI=1S/C22H24N4O2/c1-15-6-7-17(20(11-15)28-2)14-26-10-8-16(13-26)19-12-21(27)25-22(24-19)18-5-3-4-9-23-18/h3-7,9,11-12,16H,8,10,13-14H2,1-2H3,(H,24,25,27)/t16-/m1/s1. The minimum absolute atomic E-state index is 0.135. The molecule has 0 saturated carbocycles. The summed E-state index contributed by atoms with van der Waals surface area (Å²) in [4.78, 5) is 26.4. The van der Waals surface area contributed by atoms with Gasteiger partial charge in [0.05, 0.1) is 12.8 Å². The molecule has 2 aromatic heterocycles. The maximum atomic E-state index is 12.2. The molecule has 0 unspecified atom stereocenters. The van der Waals surface area contributed by atoms with E-state index >= 15 is 0 Å². The van der Waals surface area contributed by atoms with Gasteiger partial charge >= 0.3 is 0 Å². The number of aromatic nitrogens is 3. The van der Waals surface area contributed by atoms with Crippen LogP contribution >= 0.6 is 0 Å². The number of likely N-dealkylation sites (tertiary alicyclic amines) is 1. The first-order valence-electron chi connectivity index (χ1n) is 9.51. The van der Waals surface area contributed by atoms with Crippen LogP contribution in [0.15, 0.2) is 53.5 Å². The Morgan fingerprint density at radius 1 is 1.25 bits per heavy atom. The Kier molecular flexibility index (Phi) is 5.21. The SMILES string of the molecule is COc1cc(C)ccc1CN1CC[C@@H](c2cc(=O)[nH]c(-c3ccccn3)n2)C1. The van der Waals surface area contributed by atoms with E-state index in [1.165, 1.54) is 11.1 Å². The van der Waals surface area contributed by atoms with Crippen molar-refractivity contribution in [1.82, 2.24) is 19.9 Å². The van der Waals surface area contributed by atoms with Crippen molar-refractivity contribution in [2.75, 3.05) is 20.2 Å². The van der Waals surface area contributed by atoms with Crippen LogP contribution in [0.3, 0.4) is 0 Å². The normalized spacial score (nSPS) is 17.0. The molecule has 3 heterocycles. The highest BCUT2D eigenvalue weighted by Gasteiger charge is 2.26. The van der Waals surface area contributed by atoms with Crippen LogP contribution < -0.4 is 10.3 Å². The number of benzene rings is 1. The lowest BCUT2D eigenvalue weighted by Crippen LogP contribution is -2.21. The molecule has 1 saturated heterocycles. The fraction of sp³-hybridized carbons (Fsp3) is 0.318. The van der Waals surface area contributed by atoms with E-state index in [0.29, 0.717) is 11.5 Å². The van der Waals surface area contributed by atoms with Gasteiger partial charge in [-0.05, 0) is 43.7 Å². The lowest BCUT2D eigenvalue weighted by Gasteiger charge is -2.18. The summed E-state index contributed by atoms with van der Waals surface area (Å²) >= 11 is 0. The van der Waals surface area contributed by atoms with E-state index in [9.17, 15) is 4.79 Å². The predicted molar refractivity (Wildman–Crippen MR) is 108 cm³/mol. The smallest absolute Gasteiger partial charge is 0.251 e. The van der Waals surface area contributed by atoms with Crippen molar-refractivity contribution in [3.63, 3.8) is 0 Å². The predicted octanol–water partition coefficient (Wildman–Crippen LogP) is 3.14. The molecule has 4 rings (SSSR count). The van der Waals surface area contributed by atoms with E-state index in [1.807, 2.05) is 18.2 Å². The van der Waals surface area contributed by atoms with Gasteiger partial charge in [-0.3, -0.25) is 14.7 Å². The molecule has 6 heteroatoms. The summed E-state index contributed by atoms with van der Waals surface area (Å²) < 4.78 is 5.54. The van der Waals surface area contributed by atoms with E-state index < -0.39 is 0 Å². The number of methoxy groups -OCH3 is 1. The molecule has 6 nitrogen and oxygen atoms in total. The molecule has 0 spiro atoms. The molecule has 144 valence electrons. The summed E-state index contributed by atoms with van der Waals surface area (Å²) in [5, 5.41) is 0. The topological polar surface area (TPSA) is 71.1 Å². The van der Waals surface area contributed by atoms with Crippen molar-refractivity contribution in [3.8, 4) is 17.3 Å². The largest absolute Gasteiger partial charge is 0.496 e. The molecule has 1 atom stereocenters. The van der Waals surface area contributed by atoms with Crippen LogP contribution in [-0.4, -0.2) is 40.1 Å². The van der Waals surface area contributed by atoms with Crippen molar-refractivity contribution < 1.29 is 4.74 Å². The Bertz CT molecular complexity index is 1020. The van der Waals surface area contributed by atoms with Gasteiger partial charge in [0.2, 0.25) is 0 Å². The number of aromatic amines is 1. The second kappa shape index (κ2) is 7.94. The third kappa shape index (κ3) is 3.97. The molecule has 28 heavy (non-hydrogen) atoms. The molecule has 0 aliphatic carbocycles. The van der Waals surface area contributed by atoms with Crippen LogP contribution in [0.4, 0.5) is 0 Å². The highest BCUT2D eigenvalue weighted by molar-refractivity contribution is 5.48. The molecule has 3 aromatic rings. The van der Waals surface area contributed by atoms with Crippen LogP contribution in [0.2, 0.25) is 0 Å². The van der Waals surface area contributed by atoms with E-state index in [0.717, 1.165) is 37.5 Å². The Morgan fingerprint density at radius 2 is 2.14 bits per heavy atom. The van der Waals surface area contributed by atoms with E-state index in [2.05, 4.69) is 40.0 Å². The average Bonchev–Trinajstić information content (AvgIpc) is 3.18. The van der Waals surface area contributed by atoms with E-state index in [-0.39, 0.29) is 11.5 Å². The number of nitrogens with one attached hydrogen (secondary N) is 1. The van der Waals surface area contributed by atoms with E-state index in [1.54, 1.807) is 19.4 Å². The highest BCUT2D eigenvalue weighted by Crippen LogP contribution is 2.29. The Labute approximate surface area is 164 Å².